The van der Waals surface area contributed by atoms with Crippen LogP contribution >= 0.6 is 0 Å². The van der Waals surface area contributed by atoms with Gasteiger partial charge < -0.3 is 19.5 Å². The zero-order valence-electron chi connectivity index (χ0n) is 21.1. The van der Waals surface area contributed by atoms with Gasteiger partial charge in [-0.2, -0.15) is 0 Å². The Morgan fingerprint density at radius 2 is 1.86 bits per heavy atom. The number of hydrogen-bond acceptors (Lipinski definition) is 3. The Morgan fingerprint density at radius 3 is 2.57 bits per heavy atom. The minimum atomic E-state index is -1.05. The molecule has 2 amide bonds. The van der Waals surface area contributed by atoms with Crippen LogP contribution in [0.25, 0.3) is 10.9 Å². The van der Waals surface area contributed by atoms with Crippen molar-refractivity contribution < 1.29 is 14.3 Å². The molecule has 0 unspecified atom stereocenters. The molecule has 0 aliphatic carbocycles. The Bertz CT molecular complexity index is 1250. The molecule has 2 aliphatic heterocycles. The maximum absolute atomic E-state index is 14.0. The van der Waals surface area contributed by atoms with Gasteiger partial charge in [-0.25, -0.2) is 0 Å². The molecule has 2 aromatic carbocycles. The summed E-state index contributed by atoms with van der Waals surface area (Å²) in [6.45, 7) is 9.76. The Hall–Kier alpha value is -3.12. The van der Waals surface area contributed by atoms with E-state index in [1.165, 1.54) is 11.1 Å². The van der Waals surface area contributed by atoms with Gasteiger partial charge in [0.1, 0.15) is 0 Å². The molecule has 0 spiro atoms. The van der Waals surface area contributed by atoms with Crippen molar-refractivity contribution in [1.82, 2.24) is 14.8 Å². The summed E-state index contributed by atoms with van der Waals surface area (Å²) in [4.78, 5) is 34.6. The second-order valence-corrected chi connectivity index (χ2v) is 10.2. The summed E-state index contributed by atoms with van der Waals surface area (Å²) in [5, 5.41) is 1.12. The maximum Gasteiger partial charge on any atom is 0.254 e. The summed E-state index contributed by atoms with van der Waals surface area (Å²) in [6.07, 6.45) is 1.84. The van der Waals surface area contributed by atoms with Crippen LogP contribution in [0.4, 0.5) is 0 Å². The van der Waals surface area contributed by atoms with Crippen LogP contribution in [0.3, 0.4) is 0 Å². The van der Waals surface area contributed by atoms with E-state index in [0.29, 0.717) is 26.1 Å². The summed E-state index contributed by atoms with van der Waals surface area (Å²) in [7, 11) is 0. The molecule has 6 heteroatoms. The lowest BCUT2D eigenvalue weighted by atomic mass is 9.76. The van der Waals surface area contributed by atoms with E-state index >= 15 is 0 Å². The Labute approximate surface area is 207 Å². The van der Waals surface area contributed by atoms with Crippen molar-refractivity contribution in [3.63, 3.8) is 0 Å². The molecule has 1 saturated heterocycles. The van der Waals surface area contributed by atoms with E-state index in [-0.39, 0.29) is 30.4 Å². The fourth-order valence-electron chi connectivity index (χ4n) is 5.72. The number of ether oxygens (including phenoxy) is 1. The number of amides is 2. The van der Waals surface area contributed by atoms with Crippen LogP contribution in [0.1, 0.15) is 62.4 Å². The van der Waals surface area contributed by atoms with Crippen molar-refractivity contribution in [3.05, 3.63) is 70.9 Å². The number of para-hydroxylation sites is 1. The molecule has 5 rings (SSSR count). The lowest BCUT2D eigenvalue weighted by Crippen LogP contribution is -2.67. The average molecular weight is 474 g/mol. The van der Waals surface area contributed by atoms with Gasteiger partial charge in [0, 0.05) is 36.5 Å². The van der Waals surface area contributed by atoms with E-state index in [1.54, 1.807) is 4.90 Å². The number of benzene rings is 2. The summed E-state index contributed by atoms with van der Waals surface area (Å²) < 4.78 is 5.66. The monoisotopic (exact) mass is 473 g/mol. The van der Waals surface area contributed by atoms with E-state index in [2.05, 4.69) is 48.3 Å². The van der Waals surface area contributed by atoms with E-state index in [9.17, 15) is 9.59 Å². The lowest BCUT2D eigenvalue weighted by Gasteiger charge is -2.51. The fourth-order valence-corrected chi connectivity index (χ4v) is 5.72. The molecule has 1 fully saturated rings. The number of aryl methyl sites for hydroxylation is 1. The van der Waals surface area contributed by atoms with Crippen molar-refractivity contribution in [2.45, 2.75) is 58.1 Å². The molecule has 0 saturated carbocycles. The highest BCUT2D eigenvalue weighted by molar-refractivity contribution is 6.01. The van der Waals surface area contributed by atoms with Crippen molar-refractivity contribution in [2.24, 2.45) is 0 Å². The second-order valence-electron chi connectivity index (χ2n) is 10.2. The van der Waals surface area contributed by atoms with Crippen LogP contribution in [-0.4, -0.2) is 58.9 Å². The molecule has 1 aromatic heterocycles. The largest absolute Gasteiger partial charge is 0.379 e. The SMILES string of the molecule is CCc1ccc([C@@H]2CN3C(=O)CN(CCCOC(C)C)C(=O)[C@]3(C)c3[nH]c4ccccc4c32)cc1. The minimum absolute atomic E-state index is 0.00266. The van der Waals surface area contributed by atoms with Crippen molar-refractivity contribution in [2.75, 3.05) is 26.2 Å². The first-order valence-electron chi connectivity index (χ1n) is 12.8. The summed E-state index contributed by atoms with van der Waals surface area (Å²) in [5.74, 6) is -0.0199. The number of piperazine rings is 1. The van der Waals surface area contributed by atoms with Crippen LogP contribution < -0.4 is 0 Å². The number of rotatable bonds is 7. The molecule has 2 atom stereocenters. The molecule has 184 valence electrons. The molecular weight excluding hydrogens is 438 g/mol. The van der Waals surface area contributed by atoms with Crippen LogP contribution in [-0.2, 0) is 26.3 Å². The quantitative estimate of drug-likeness (QED) is 0.511. The topological polar surface area (TPSA) is 65.6 Å². The lowest BCUT2D eigenvalue weighted by molar-refractivity contribution is -0.166. The third-order valence-corrected chi connectivity index (χ3v) is 7.63. The van der Waals surface area contributed by atoms with Gasteiger partial charge in [-0.1, -0.05) is 49.4 Å². The predicted octanol–water partition coefficient (Wildman–Crippen LogP) is 4.58. The smallest absolute Gasteiger partial charge is 0.254 e. The van der Waals surface area contributed by atoms with Gasteiger partial charge >= 0.3 is 0 Å². The number of aromatic nitrogens is 1. The third kappa shape index (κ3) is 3.94. The Morgan fingerprint density at radius 1 is 1.11 bits per heavy atom. The first kappa shape index (κ1) is 23.6. The number of hydrogen-bond donors (Lipinski definition) is 1. The van der Waals surface area contributed by atoms with Crippen molar-refractivity contribution in [3.8, 4) is 0 Å². The van der Waals surface area contributed by atoms with Crippen molar-refractivity contribution >= 4 is 22.7 Å². The molecular formula is C29H35N3O3. The fraction of sp³-hybridized carbons (Fsp3) is 0.448. The highest BCUT2D eigenvalue weighted by Gasteiger charge is 2.56. The molecule has 3 heterocycles. The molecule has 1 N–H and O–H groups in total. The number of carbonyl (C=O) groups excluding carboxylic acids is 2. The first-order valence-corrected chi connectivity index (χ1v) is 12.8. The highest BCUT2D eigenvalue weighted by Crippen LogP contribution is 2.48. The Kier molecular flexibility index (Phi) is 6.18. The molecule has 0 bridgehead atoms. The van der Waals surface area contributed by atoms with Gasteiger partial charge in [0.05, 0.1) is 18.3 Å². The maximum atomic E-state index is 14.0. The summed E-state index contributed by atoms with van der Waals surface area (Å²) >= 11 is 0. The number of fused-ring (bicyclic) bond motifs is 5. The van der Waals surface area contributed by atoms with Gasteiger partial charge in [0.2, 0.25) is 5.91 Å². The van der Waals surface area contributed by atoms with Gasteiger partial charge in [0.15, 0.2) is 5.54 Å². The van der Waals surface area contributed by atoms with E-state index < -0.39 is 5.54 Å². The zero-order chi connectivity index (χ0) is 24.7. The predicted molar refractivity (Wildman–Crippen MR) is 137 cm³/mol. The highest BCUT2D eigenvalue weighted by atomic mass is 16.5. The molecule has 2 aliphatic rings. The number of nitrogens with zero attached hydrogens (tertiary/aromatic N) is 2. The van der Waals surface area contributed by atoms with Crippen LogP contribution in [0.15, 0.2) is 48.5 Å². The van der Waals surface area contributed by atoms with Crippen LogP contribution in [0.2, 0.25) is 0 Å². The summed E-state index contributed by atoms with van der Waals surface area (Å²) in [6, 6.07) is 16.9. The Balaban J connectivity index is 1.57. The standard InChI is InChI=1S/C29H35N3O3/c1-5-20-11-13-21(14-12-20)23-17-32-25(33)18-31(15-8-16-35-19(2)3)28(34)29(32,4)27-26(23)22-9-6-7-10-24(22)30-27/h6-7,9-14,19,23,30H,5,8,15-18H2,1-4H3/t23-,29-/m0/s1. The van der Waals surface area contributed by atoms with E-state index in [0.717, 1.165) is 28.6 Å². The number of carbonyl (C=O) groups is 2. The minimum Gasteiger partial charge on any atom is -0.379 e. The van der Waals surface area contributed by atoms with Gasteiger partial charge in [-0.3, -0.25) is 9.59 Å². The van der Waals surface area contributed by atoms with Crippen LogP contribution in [0.5, 0.6) is 0 Å². The third-order valence-electron chi connectivity index (χ3n) is 7.63. The average Bonchev–Trinajstić information content (AvgIpc) is 3.25. The molecule has 3 aromatic rings. The molecule has 0 radical (unpaired) electrons. The van der Waals surface area contributed by atoms with Gasteiger partial charge in [0.25, 0.3) is 5.91 Å². The number of H-pyrrole nitrogens is 1. The summed E-state index contributed by atoms with van der Waals surface area (Å²) in [5.41, 5.74) is 4.38. The normalized spacial score (nSPS) is 22.1. The number of aromatic amines is 1. The van der Waals surface area contributed by atoms with Crippen LogP contribution in [0, 0.1) is 0 Å². The number of nitrogens with one attached hydrogen (secondary N) is 1. The zero-order valence-corrected chi connectivity index (χ0v) is 21.1. The van der Waals surface area contributed by atoms with Gasteiger partial charge in [-0.15, -0.1) is 0 Å². The van der Waals surface area contributed by atoms with Crippen molar-refractivity contribution in [1.29, 1.82) is 0 Å². The second kappa shape index (κ2) is 9.15. The van der Waals surface area contributed by atoms with E-state index in [1.807, 2.05) is 37.8 Å². The van der Waals surface area contributed by atoms with E-state index in [4.69, 9.17) is 4.74 Å². The van der Waals surface area contributed by atoms with Gasteiger partial charge in [-0.05, 0) is 56.4 Å². The first-order chi connectivity index (χ1) is 16.8. The molecule has 35 heavy (non-hydrogen) atoms. The molecule has 6 nitrogen and oxygen atoms in total.